The molecule has 0 bridgehead atoms. The Labute approximate surface area is 411 Å². The number of rotatable bonds is 46. The molecule has 0 radical (unpaired) electrons. The molecule has 67 heavy (non-hydrogen) atoms. The molecule has 0 saturated carbocycles. The Balaban J connectivity index is 4.54. The summed E-state index contributed by atoms with van der Waals surface area (Å²) in [5.41, 5.74) is 0. The van der Waals surface area contributed by atoms with Crippen molar-refractivity contribution in [3.63, 3.8) is 0 Å². The highest BCUT2D eigenvalue weighted by Gasteiger charge is 2.19. The zero-order valence-electron chi connectivity index (χ0n) is 42.9. The lowest BCUT2D eigenvalue weighted by Crippen LogP contribution is -2.30. The number of ether oxygens (including phenoxy) is 3. The molecule has 0 rings (SSSR count). The van der Waals surface area contributed by atoms with Gasteiger partial charge in [-0.2, -0.15) is 0 Å². The molecule has 0 fully saturated rings. The second-order valence-corrected chi connectivity index (χ2v) is 17.2. The van der Waals surface area contributed by atoms with Crippen LogP contribution in [0, 0.1) is 0 Å². The van der Waals surface area contributed by atoms with Gasteiger partial charge < -0.3 is 14.2 Å². The molecule has 0 heterocycles. The van der Waals surface area contributed by atoms with Gasteiger partial charge in [0.2, 0.25) is 0 Å². The predicted molar refractivity (Wildman–Crippen MR) is 288 cm³/mol. The summed E-state index contributed by atoms with van der Waals surface area (Å²) in [6.07, 6.45) is 75.9. The van der Waals surface area contributed by atoms with Crippen LogP contribution in [0.15, 0.2) is 134 Å². The number of hydrogen-bond donors (Lipinski definition) is 0. The fourth-order valence-electron chi connectivity index (χ4n) is 6.83. The second-order valence-electron chi connectivity index (χ2n) is 17.2. The van der Waals surface area contributed by atoms with Crippen LogP contribution in [-0.4, -0.2) is 37.2 Å². The first-order chi connectivity index (χ1) is 33.0. The third kappa shape index (κ3) is 52.4. The van der Waals surface area contributed by atoms with Gasteiger partial charge in [-0.3, -0.25) is 14.4 Å². The summed E-state index contributed by atoms with van der Waals surface area (Å²) >= 11 is 0. The molecule has 0 aliphatic rings. The highest BCUT2D eigenvalue weighted by atomic mass is 16.6. The van der Waals surface area contributed by atoms with Crippen LogP contribution in [0.1, 0.15) is 213 Å². The van der Waals surface area contributed by atoms with Crippen molar-refractivity contribution in [3.8, 4) is 0 Å². The van der Waals surface area contributed by atoms with E-state index in [4.69, 9.17) is 14.2 Å². The Morgan fingerprint density at radius 3 is 1.19 bits per heavy atom. The molecule has 376 valence electrons. The molecule has 0 aromatic rings. The third-order valence-corrected chi connectivity index (χ3v) is 10.8. The van der Waals surface area contributed by atoms with Gasteiger partial charge in [0.05, 0.1) is 0 Å². The van der Waals surface area contributed by atoms with E-state index < -0.39 is 6.10 Å². The van der Waals surface area contributed by atoms with Gasteiger partial charge in [-0.05, 0) is 89.9 Å². The SMILES string of the molecule is CC\C=C/C=C\C=C/C=C\C=C\C=C/CCCCCC(=O)OC(COC(=O)CC/C=C\C/C=C\CCCCCCCC)COC(=O)CCCCCCCCCCC/C=C\C/C=C\C/C=C\CC. The highest BCUT2D eigenvalue weighted by Crippen LogP contribution is 2.13. The minimum absolute atomic E-state index is 0.121. The number of allylic oxidation sites excluding steroid dienone is 22. The Morgan fingerprint density at radius 1 is 0.328 bits per heavy atom. The monoisotopic (exact) mass is 925 g/mol. The van der Waals surface area contributed by atoms with Crippen molar-refractivity contribution in [1.29, 1.82) is 0 Å². The predicted octanol–water partition coefficient (Wildman–Crippen LogP) is 17.9. The lowest BCUT2D eigenvalue weighted by molar-refractivity contribution is -0.166. The van der Waals surface area contributed by atoms with Crippen LogP contribution in [-0.2, 0) is 28.6 Å². The summed E-state index contributed by atoms with van der Waals surface area (Å²) in [5.74, 6) is -1.05. The maximum Gasteiger partial charge on any atom is 0.306 e. The number of carbonyl (C=O) groups is 3. The minimum atomic E-state index is -0.831. The van der Waals surface area contributed by atoms with E-state index >= 15 is 0 Å². The van der Waals surface area contributed by atoms with Crippen LogP contribution >= 0.6 is 0 Å². The Hall–Kier alpha value is -4.45. The summed E-state index contributed by atoms with van der Waals surface area (Å²) < 4.78 is 16.7. The van der Waals surface area contributed by atoms with E-state index in [0.29, 0.717) is 19.3 Å². The van der Waals surface area contributed by atoms with Gasteiger partial charge in [-0.15, -0.1) is 0 Å². The summed E-state index contributed by atoms with van der Waals surface area (Å²) in [6.45, 7) is 6.26. The fraction of sp³-hybridized carbons (Fsp3) is 0.590. The van der Waals surface area contributed by atoms with Crippen molar-refractivity contribution in [2.24, 2.45) is 0 Å². The van der Waals surface area contributed by atoms with Gasteiger partial charge >= 0.3 is 17.9 Å². The van der Waals surface area contributed by atoms with Gasteiger partial charge in [0.15, 0.2) is 6.10 Å². The summed E-state index contributed by atoms with van der Waals surface area (Å²) in [7, 11) is 0. The molecule has 0 aromatic heterocycles. The number of carbonyl (C=O) groups excluding carboxylic acids is 3. The Kier molecular flexibility index (Phi) is 50.6. The second kappa shape index (κ2) is 54.2. The quantitative estimate of drug-likeness (QED) is 0.0199. The molecule has 6 nitrogen and oxygen atoms in total. The van der Waals surface area contributed by atoms with E-state index in [1.54, 1.807) is 0 Å². The van der Waals surface area contributed by atoms with Gasteiger partial charge in [-0.25, -0.2) is 0 Å². The zero-order chi connectivity index (χ0) is 48.6. The smallest absolute Gasteiger partial charge is 0.306 e. The summed E-state index contributed by atoms with van der Waals surface area (Å²) in [5, 5.41) is 0. The standard InChI is InChI=1S/C61H96O6/c1-4-7-10-13-16-19-22-25-27-29-30-32-33-36-39-42-45-48-51-54-60(63)66-57-58(56-65-59(62)53-50-47-44-41-38-35-24-21-18-15-12-9-6-3)67-61(64)55-52-49-46-43-40-37-34-31-28-26-23-20-17-14-11-8-5-2/h7-8,10-11,14,16-17,19-20,23,25-28,31,34-35,37-38,40,44,47,58H,4-6,9,12-13,15,18,21-22,24,29-30,32-33,36,39,41-43,45-46,48-57H2,1-3H3/b10-7-,11-8-,17-14-,19-16-,23-20-,27-25-,28-26-,34-31+,38-35-,40-37-,47-44-. The first-order valence-electron chi connectivity index (χ1n) is 26.8. The normalized spacial score (nSPS) is 13.2. The van der Waals surface area contributed by atoms with E-state index in [0.717, 1.165) is 83.5 Å². The maximum absolute atomic E-state index is 12.8. The van der Waals surface area contributed by atoms with Crippen molar-refractivity contribution in [2.75, 3.05) is 13.2 Å². The average molecular weight is 925 g/mol. The molecule has 0 spiro atoms. The van der Waals surface area contributed by atoms with E-state index in [-0.39, 0.29) is 44.0 Å². The maximum atomic E-state index is 12.8. The Bertz CT molecular complexity index is 1480. The van der Waals surface area contributed by atoms with Gasteiger partial charge in [0.25, 0.3) is 0 Å². The summed E-state index contributed by atoms with van der Waals surface area (Å²) in [6, 6.07) is 0. The first kappa shape index (κ1) is 62.5. The topological polar surface area (TPSA) is 78.9 Å². The van der Waals surface area contributed by atoms with Crippen molar-refractivity contribution in [2.45, 2.75) is 219 Å². The molecule has 0 aromatic carbocycles. The number of hydrogen-bond acceptors (Lipinski definition) is 6. The molecule has 1 atom stereocenters. The van der Waals surface area contributed by atoms with E-state index in [1.165, 1.54) is 77.0 Å². The molecular formula is C61H96O6. The molecule has 0 saturated heterocycles. The van der Waals surface area contributed by atoms with Crippen LogP contribution in [0.25, 0.3) is 0 Å². The molecule has 0 amide bonds. The van der Waals surface area contributed by atoms with Crippen LogP contribution in [0.4, 0.5) is 0 Å². The first-order valence-corrected chi connectivity index (χ1v) is 26.8. The van der Waals surface area contributed by atoms with Crippen LogP contribution < -0.4 is 0 Å². The number of esters is 3. The lowest BCUT2D eigenvalue weighted by atomic mass is 10.1. The highest BCUT2D eigenvalue weighted by molar-refractivity contribution is 5.71. The van der Waals surface area contributed by atoms with Gasteiger partial charge in [0, 0.05) is 19.3 Å². The molecule has 0 N–H and O–H groups in total. The van der Waals surface area contributed by atoms with E-state index in [2.05, 4.69) is 87.6 Å². The van der Waals surface area contributed by atoms with E-state index in [9.17, 15) is 14.4 Å². The fourth-order valence-corrected chi connectivity index (χ4v) is 6.83. The van der Waals surface area contributed by atoms with Crippen molar-refractivity contribution >= 4 is 17.9 Å². The average Bonchev–Trinajstić information content (AvgIpc) is 3.33. The van der Waals surface area contributed by atoms with Crippen molar-refractivity contribution < 1.29 is 28.6 Å². The Morgan fingerprint density at radius 2 is 0.687 bits per heavy atom. The zero-order valence-corrected chi connectivity index (χ0v) is 42.9. The van der Waals surface area contributed by atoms with Crippen LogP contribution in [0.2, 0.25) is 0 Å². The lowest BCUT2D eigenvalue weighted by Gasteiger charge is -2.18. The van der Waals surface area contributed by atoms with Crippen molar-refractivity contribution in [3.05, 3.63) is 134 Å². The minimum Gasteiger partial charge on any atom is -0.462 e. The van der Waals surface area contributed by atoms with Crippen molar-refractivity contribution in [1.82, 2.24) is 0 Å². The van der Waals surface area contributed by atoms with Gasteiger partial charge in [0.1, 0.15) is 13.2 Å². The molecule has 0 aliphatic heterocycles. The third-order valence-electron chi connectivity index (χ3n) is 10.8. The largest absolute Gasteiger partial charge is 0.462 e. The molecule has 0 aliphatic carbocycles. The summed E-state index contributed by atoms with van der Waals surface area (Å²) in [4.78, 5) is 38.0. The van der Waals surface area contributed by atoms with Gasteiger partial charge in [-0.1, -0.05) is 238 Å². The molecule has 1 unspecified atom stereocenters. The van der Waals surface area contributed by atoms with Crippen LogP contribution in [0.3, 0.4) is 0 Å². The number of unbranched alkanes of at least 4 members (excludes halogenated alkanes) is 18. The molecule has 6 heteroatoms. The van der Waals surface area contributed by atoms with Crippen LogP contribution in [0.5, 0.6) is 0 Å². The molecular weight excluding hydrogens is 829 g/mol. The van der Waals surface area contributed by atoms with E-state index in [1.807, 2.05) is 66.8 Å².